The van der Waals surface area contributed by atoms with Gasteiger partial charge in [0.2, 0.25) is 6.79 Å². The van der Waals surface area contributed by atoms with E-state index >= 15 is 0 Å². The summed E-state index contributed by atoms with van der Waals surface area (Å²) in [6.07, 6.45) is 0. The highest BCUT2D eigenvalue weighted by molar-refractivity contribution is 7.92. The van der Waals surface area contributed by atoms with Gasteiger partial charge in [-0.15, -0.1) is 0 Å². The first-order chi connectivity index (χ1) is 12.0. The molecule has 1 aliphatic heterocycles. The molecular weight excluding hydrogens is 342 g/mol. The fraction of sp³-hybridized carbons (Fsp3) is 0.278. The molecular formula is C18H15NO5S. The molecule has 2 aliphatic rings. The van der Waals surface area contributed by atoms with Crippen LogP contribution in [0.15, 0.2) is 53.4 Å². The van der Waals surface area contributed by atoms with Crippen LogP contribution in [0.5, 0.6) is 11.5 Å². The lowest BCUT2D eigenvalue weighted by molar-refractivity contribution is 0.174. The average molecular weight is 357 g/mol. The van der Waals surface area contributed by atoms with E-state index in [9.17, 15) is 18.8 Å². The summed E-state index contributed by atoms with van der Waals surface area (Å²) in [6, 6.07) is 15.2. The predicted molar refractivity (Wildman–Crippen MR) is 87.9 cm³/mol. The molecule has 0 saturated heterocycles. The van der Waals surface area contributed by atoms with E-state index < -0.39 is 33.0 Å². The Balaban J connectivity index is 1.79. The van der Waals surface area contributed by atoms with Gasteiger partial charge in [0.1, 0.15) is 5.41 Å². The van der Waals surface area contributed by atoms with Gasteiger partial charge in [-0.2, -0.15) is 5.26 Å². The molecule has 128 valence electrons. The van der Waals surface area contributed by atoms with E-state index in [0.717, 1.165) is 0 Å². The quantitative estimate of drug-likeness (QED) is 0.897. The summed E-state index contributed by atoms with van der Waals surface area (Å²) in [5.41, 5.74) is -0.716. The lowest BCUT2D eigenvalue weighted by Gasteiger charge is -2.05. The van der Waals surface area contributed by atoms with Crippen molar-refractivity contribution in [3.8, 4) is 17.6 Å². The number of nitriles is 1. The fourth-order valence-electron chi connectivity index (χ4n) is 3.55. The number of benzene rings is 2. The van der Waals surface area contributed by atoms with Gasteiger partial charge < -0.3 is 14.6 Å². The number of sulfone groups is 1. The summed E-state index contributed by atoms with van der Waals surface area (Å²) in [4.78, 5) is 0.149. The topological polar surface area (TPSA) is 96.6 Å². The molecule has 0 aromatic heterocycles. The highest BCUT2D eigenvalue weighted by atomic mass is 32.2. The largest absolute Gasteiger partial charge is 0.454 e. The molecule has 1 saturated carbocycles. The van der Waals surface area contributed by atoms with Crippen LogP contribution in [0.1, 0.15) is 11.5 Å². The first kappa shape index (κ1) is 15.9. The van der Waals surface area contributed by atoms with Gasteiger partial charge >= 0.3 is 0 Å². The Kier molecular flexibility index (Phi) is 3.49. The van der Waals surface area contributed by atoms with Crippen LogP contribution in [-0.4, -0.2) is 32.2 Å². The molecule has 4 rings (SSSR count). The first-order valence-corrected chi connectivity index (χ1v) is 9.30. The Bertz CT molecular complexity index is 967. The normalized spacial score (nSPS) is 26.9. The van der Waals surface area contributed by atoms with Crippen molar-refractivity contribution >= 4 is 9.84 Å². The number of fused-ring (bicyclic) bond motifs is 1. The third-order valence-electron chi connectivity index (χ3n) is 4.89. The Hall–Kier alpha value is -2.56. The third-order valence-corrected chi connectivity index (χ3v) is 7.18. The number of hydrogen-bond donors (Lipinski definition) is 1. The Morgan fingerprint density at radius 2 is 1.88 bits per heavy atom. The highest BCUT2D eigenvalue weighted by Crippen LogP contribution is 2.64. The van der Waals surface area contributed by atoms with Gasteiger partial charge in [-0.1, -0.05) is 24.3 Å². The SMILES string of the molecule is N#CC1(CO)C(c2ccc3c(c2)OCO3)C1S(=O)(=O)c1ccccc1. The molecule has 1 N–H and O–H groups in total. The van der Waals surface area contributed by atoms with Crippen molar-refractivity contribution < 1.29 is 23.0 Å². The maximum Gasteiger partial charge on any atom is 0.231 e. The monoisotopic (exact) mass is 357 g/mol. The van der Waals surface area contributed by atoms with Gasteiger partial charge in [-0.3, -0.25) is 0 Å². The fourth-order valence-corrected chi connectivity index (χ4v) is 5.89. The minimum atomic E-state index is -3.76. The van der Waals surface area contributed by atoms with E-state index in [1.54, 1.807) is 36.4 Å². The molecule has 7 heteroatoms. The minimum Gasteiger partial charge on any atom is -0.454 e. The van der Waals surface area contributed by atoms with Crippen LogP contribution in [0, 0.1) is 16.7 Å². The number of ether oxygens (including phenoxy) is 2. The van der Waals surface area contributed by atoms with Crippen molar-refractivity contribution in [1.29, 1.82) is 5.26 Å². The summed E-state index contributed by atoms with van der Waals surface area (Å²) in [7, 11) is -3.76. The number of hydrogen-bond acceptors (Lipinski definition) is 6. The summed E-state index contributed by atoms with van der Waals surface area (Å²) >= 11 is 0. The van der Waals surface area contributed by atoms with Crippen LogP contribution >= 0.6 is 0 Å². The average Bonchev–Trinajstić information content (AvgIpc) is 3.12. The molecule has 1 fully saturated rings. The van der Waals surface area contributed by atoms with Crippen molar-refractivity contribution in [2.45, 2.75) is 16.1 Å². The van der Waals surface area contributed by atoms with Crippen LogP contribution in [0.2, 0.25) is 0 Å². The Labute approximate surface area is 145 Å². The van der Waals surface area contributed by atoms with Crippen molar-refractivity contribution in [2.24, 2.45) is 5.41 Å². The molecule has 3 atom stereocenters. The minimum absolute atomic E-state index is 0.110. The van der Waals surface area contributed by atoms with Gasteiger partial charge in [-0.05, 0) is 29.8 Å². The second kappa shape index (κ2) is 5.48. The molecule has 2 aromatic rings. The number of rotatable bonds is 4. The molecule has 1 heterocycles. The van der Waals surface area contributed by atoms with E-state index in [-0.39, 0.29) is 11.7 Å². The van der Waals surface area contributed by atoms with E-state index in [2.05, 4.69) is 0 Å². The zero-order valence-corrected chi connectivity index (χ0v) is 13.9. The predicted octanol–water partition coefficient (Wildman–Crippen LogP) is 1.86. The molecule has 6 nitrogen and oxygen atoms in total. The third kappa shape index (κ3) is 2.22. The van der Waals surface area contributed by atoms with E-state index in [4.69, 9.17) is 9.47 Å². The maximum absolute atomic E-state index is 13.0. The second-order valence-corrected chi connectivity index (χ2v) is 8.25. The zero-order chi connectivity index (χ0) is 17.7. The zero-order valence-electron chi connectivity index (χ0n) is 13.1. The number of aliphatic hydroxyl groups is 1. The van der Waals surface area contributed by atoms with E-state index in [0.29, 0.717) is 17.1 Å². The van der Waals surface area contributed by atoms with Crippen molar-refractivity contribution in [3.63, 3.8) is 0 Å². The summed E-state index contributed by atoms with van der Waals surface area (Å²) < 4.78 is 36.7. The van der Waals surface area contributed by atoms with Crippen LogP contribution < -0.4 is 9.47 Å². The van der Waals surface area contributed by atoms with Gasteiger partial charge in [0.05, 0.1) is 22.8 Å². The second-order valence-electron chi connectivity index (χ2n) is 6.18. The molecule has 0 spiro atoms. The van der Waals surface area contributed by atoms with Crippen molar-refractivity contribution in [2.75, 3.05) is 13.4 Å². The molecule has 3 unspecified atom stereocenters. The highest BCUT2D eigenvalue weighted by Gasteiger charge is 2.72. The van der Waals surface area contributed by atoms with Gasteiger partial charge in [0, 0.05) is 5.92 Å². The lowest BCUT2D eigenvalue weighted by atomic mass is 10.0. The van der Waals surface area contributed by atoms with Crippen molar-refractivity contribution in [1.82, 2.24) is 0 Å². The smallest absolute Gasteiger partial charge is 0.231 e. The molecule has 0 amide bonds. The summed E-state index contributed by atoms with van der Waals surface area (Å²) in [6.45, 7) is -0.419. The van der Waals surface area contributed by atoms with Gasteiger partial charge in [0.15, 0.2) is 21.3 Å². The van der Waals surface area contributed by atoms with Crippen LogP contribution in [-0.2, 0) is 9.84 Å². The molecule has 0 bridgehead atoms. The van der Waals surface area contributed by atoms with E-state index in [1.807, 2.05) is 6.07 Å². The van der Waals surface area contributed by atoms with Crippen LogP contribution in [0.3, 0.4) is 0 Å². The summed E-state index contributed by atoms with van der Waals surface area (Å²) in [5, 5.41) is 18.4. The number of nitrogens with zero attached hydrogens (tertiary/aromatic N) is 1. The van der Waals surface area contributed by atoms with Gasteiger partial charge in [-0.25, -0.2) is 8.42 Å². The number of aliphatic hydroxyl groups excluding tert-OH is 1. The Morgan fingerprint density at radius 3 is 2.56 bits per heavy atom. The molecule has 0 radical (unpaired) electrons. The maximum atomic E-state index is 13.0. The lowest BCUT2D eigenvalue weighted by Crippen LogP contribution is -2.18. The van der Waals surface area contributed by atoms with Crippen LogP contribution in [0.25, 0.3) is 0 Å². The van der Waals surface area contributed by atoms with Crippen molar-refractivity contribution in [3.05, 3.63) is 54.1 Å². The molecule has 2 aromatic carbocycles. The van der Waals surface area contributed by atoms with E-state index in [1.165, 1.54) is 12.1 Å². The molecule has 25 heavy (non-hydrogen) atoms. The molecule has 1 aliphatic carbocycles. The Morgan fingerprint density at radius 1 is 1.16 bits per heavy atom. The van der Waals surface area contributed by atoms with Crippen LogP contribution in [0.4, 0.5) is 0 Å². The van der Waals surface area contributed by atoms with Gasteiger partial charge in [0.25, 0.3) is 0 Å². The standard InChI is InChI=1S/C18H15NO5S/c19-9-18(10-20)16(12-6-7-14-15(8-12)24-11-23-14)17(18)25(21,22)13-4-2-1-3-5-13/h1-8,16-17,20H,10-11H2. The summed E-state index contributed by atoms with van der Waals surface area (Å²) in [5.74, 6) is 0.477. The first-order valence-electron chi connectivity index (χ1n) is 7.75.